The summed E-state index contributed by atoms with van der Waals surface area (Å²) < 4.78 is 0. The van der Waals surface area contributed by atoms with Gasteiger partial charge in [0.05, 0.1) is 35.1 Å². The number of rotatable bonds is 6. The van der Waals surface area contributed by atoms with Crippen molar-refractivity contribution in [2.24, 2.45) is 34.5 Å². The van der Waals surface area contributed by atoms with Crippen LogP contribution in [0.2, 0.25) is 0 Å². The normalized spacial score (nSPS) is 46.2. The van der Waals surface area contributed by atoms with Crippen LogP contribution < -0.4 is 0 Å². The van der Waals surface area contributed by atoms with Gasteiger partial charge in [-0.25, -0.2) is 0 Å². The monoisotopic (exact) mass is 508 g/mol. The molecule has 0 radical (unpaired) electrons. The number of aliphatic hydroxyl groups excluding tert-OH is 3. The highest BCUT2D eigenvalue weighted by molar-refractivity contribution is 5.95. The highest BCUT2D eigenvalue weighted by Gasteiger charge is 2.69. The summed E-state index contributed by atoms with van der Waals surface area (Å²) in [5.41, 5.74) is -4.34. The highest BCUT2D eigenvalue weighted by atomic mass is 16.3. The van der Waals surface area contributed by atoms with Gasteiger partial charge in [-0.1, -0.05) is 27.2 Å². The lowest BCUT2D eigenvalue weighted by molar-refractivity contribution is -0.179. The molecule has 4 aliphatic rings. The molecule has 0 aromatic heterocycles. The molecule has 36 heavy (non-hydrogen) atoms. The van der Waals surface area contributed by atoms with Crippen LogP contribution in [0, 0.1) is 34.5 Å². The summed E-state index contributed by atoms with van der Waals surface area (Å²) in [6.07, 6.45) is 2.42. The molecule has 206 valence electrons. The van der Waals surface area contributed by atoms with Crippen LogP contribution in [0.1, 0.15) is 92.9 Å². The first-order valence-corrected chi connectivity index (χ1v) is 13.9. The van der Waals surface area contributed by atoms with Gasteiger partial charge < -0.3 is 30.6 Å². The van der Waals surface area contributed by atoms with Gasteiger partial charge in [-0.2, -0.15) is 0 Å². The maximum absolute atomic E-state index is 13.3. The molecule has 7 heteroatoms. The van der Waals surface area contributed by atoms with E-state index in [-0.39, 0.29) is 36.4 Å². The van der Waals surface area contributed by atoms with Gasteiger partial charge in [0.15, 0.2) is 5.78 Å². The van der Waals surface area contributed by atoms with Gasteiger partial charge in [0.2, 0.25) is 0 Å². The van der Waals surface area contributed by atoms with Crippen LogP contribution in [0.4, 0.5) is 0 Å². The van der Waals surface area contributed by atoms with Crippen molar-refractivity contribution in [1.29, 1.82) is 0 Å². The third-order valence-electron chi connectivity index (χ3n) is 11.5. The van der Waals surface area contributed by atoms with Gasteiger partial charge in [0.25, 0.3) is 0 Å². The molecule has 4 aliphatic carbocycles. The summed E-state index contributed by atoms with van der Waals surface area (Å²) in [5.74, 6) is -1.16. The van der Waals surface area contributed by atoms with E-state index in [1.165, 1.54) is 0 Å². The SMILES string of the molecule is CC[C@@H](C[C@@H](O)[C@](C)(O)[C@H]1CC[C@@]2(O)C3=CC(=O)[C@@H]4C[C@@H](O)[C@@H](O)C[C@]4(C)[C@H]3CC[C@]12C)C(C)(C)O. The van der Waals surface area contributed by atoms with E-state index < -0.39 is 51.9 Å². The minimum absolute atomic E-state index is 0.0892. The van der Waals surface area contributed by atoms with Crippen molar-refractivity contribution in [1.82, 2.24) is 0 Å². The zero-order valence-electron chi connectivity index (χ0n) is 22.9. The lowest BCUT2D eigenvalue weighted by atomic mass is 9.45. The van der Waals surface area contributed by atoms with E-state index in [1.54, 1.807) is 26.8 Å². The number of allylic oxidation sites excluding steroid dienone is 1. The molecule has 0 aromatic rings. The Morgan fingerprint density at radius 2 is 1.69 bits per heavy atom. The average molecular weight is 509 g/mol. The van der Waals surface area contributed by atoms with Crippen molar-refractivity contribution in [2.75, 3.05) is 0 Å². The number of hydrogen-bond acceptors (Lipinski definition) is 7. The Balaban J connectivity index is 1.66. The Kier molecular flexibility index (Phi) is 6.93. The Morgan fingerprint density at radius 3 is 2.28 bits per heavy atom. The predicted molar refractivity (Wildman–Crippen MR) is 136 cm³/mol. The second kappa shape index (κ2) is 8.85. The molecular formula is C29H48O7. The first kappa shape index (κ1) is 28.2. The molecule has 0 unspecified atom stereocenters. The Morgan fingerprint density at radius 1 is 1.06 bits per heavy atom. The van der Waals surface area contributed by atoms with Crippen LogP contribution in [0.5, 0.6) is 0 Å². The fraction of sp³-hybridized carbons (Fsp3) is 0.897. The molecule has 0 saturated heterocycles. The summed E-state index contributed by atoms with van der Waals surface area (Å²) >= 11 is 0. The Bertz CT molecular complexity index is 906. The zero-order chi connectivity index (χ0) is 27.1. The van der Waals surface area contributed by atoms with Crippen molar-refractivity contribution in [3.8, 4) is 0 Å². The summed E-state index contributed by atoms with van der Waals surface area (Å²) in [4.78, 5) is 13.3. The highest BCUT2D eigenvalue weighted by Crippen LogP contribution is 2.68. The van der Waals surface area contributed by atoms with Gasteiger partial charge >= 0.3 is 0 Å². The van der Waals surface area contributed by atoms with Crippen molar-refractivity contribution in [3.63, 3.8) is 0 Å². The number of aliphatic hydroxyl groups is 6. The Hall–Kier alpha value is -0.830. The van der Waals surface area contributed by atoms with Crippen molar-refractivity contribution < 1.29 is 35.4 Å². The van der Waals surface area contributed by atoms with E-state index in [9.17, 15) is 35.4 Å². The largest absolute Gasteiger partial charge is 0.390 e. The molecular weight excluding hydrogens is 460 g/mol. The van der Waals surface area contributed by atoms with E-state index >= 15 is 0 Å². The number of ketones is 1. The lowest BCUT2D eigenvalue weighted by Crippen LogP contribution is -2.63. The van der Waals surface area contributed by atoms with Crippen LogP contribution in [-0.2, 0) is 4.79 Å². The fourth-order valence-electron chi connectivity index (χ4n) is 9.00. The number of carbonyl (C=O) groups excluding carboxylic acids is 1. The predicted octanol–water partition coefficient (Wildman–Crippen LogP) is 2.49. The molecule has 3 fully saturated rings. The molecule has 6 N–H and O–H groups in total. The summed E-state index contributed by atoms with van der Waals surface area (Å²) in [7, 11) is 0. The van der Waals surface area contributed by atoms with Crippen molar-refractivity contribution in [2.45, 2.75) is 128 Å². The maximum Gasteiger partial charge on any atom is 0.159 e. The number of carbonyl (C=O) groups is 1. The third kappa shape index (κ3) is 3.95. The summed E-state index contributed by atoms with van der Waals surface area (Å²) in [6.45, 7) is 11.1. The van der Waals surface area contributed by atoms with Crippen LogP contribution in [-0.4, -0.2) is 71.5 Å². The van der Waals surface area contributed by atoms with E-state index in [0.29, 0.717) is 44.1 Å². The maximum atomic E-state index is 13.3. The first-order chi connectivity index (χ1) is 16.4. The van der Waals surface area contributed by atoms with Gasteiger partial charge in [0.1, 0.15) is 0 Å². The molecule has 0 spiro atoms. The number of fused-ring (bicyclic) bond motifs is 5. The van der Waals surface area contributed by atoms with Crippen molar-refractivity contribution >= 4 is 5.78 Å². The van der Waals surface area contributed by atoms with Crippen LogP contribution >= 0.6 is 0 Å². The zero-order valence-corrected chi connectivity index (χ0v) is 22.9. The summed E-state index contributed by atoms with van der Waals surface area (Å²) in [6, 6.07) is 0. The van der Waals surface area contributed by atoms with Crippen LogP contribution in [0.25, 0.3) is 0 Å². The quantitative estimate of drug-likeness (QED) is 0.324. The molecule has 11 atom stereocenters. The van der Waals surface area contributed by atoms with Gasteiger partial charge in [0, 0.05) is 11.3 Å². The smallest absolute Gasteiger partial charge is 0.159 e. The van der Waals surface area contributed by atoms with E-state index in [1.807, 2.05) is 20.8 Å². The summed E-state index contributed by atoms with van der Waals surface area (Å²) in [5, 5.41) is 66.6. The molecule has 3 saturated carbocycles. The molecule has 0 amide bonds. The fourth-order valence-corrected chi connectivity index (χ4v) is 9.00. The number of hydrogen-bond donors (Lipinski definition) is 6. The third-order valence-corrected chi connectivity index (χ3v) is 11.5. The topological polar surface area (TPSA) is 138 Å². The van der Waals surface area contributed by atoms with Crippen LogP contribution in [0.15, 0.2) is 11.6 Å². The minimum Gasteiger partial charge on any atom is -0.390 e. The van der Waals surface area contributed by atoms with Gasteiger partial charge in [-0.3, -0.25) is 4.79 Å². The van der Waals surface area contributed by atoms with Gasteiger partial charge in [-0.05, 0) is 101 Å². The van der Waals surface area contributed by atoms with E-state index in [2.05, 4.69) is 0 Å². The molecule has 0 aromatic carbocycles. The standard InChI is InChI=1S/C29H48O7/c1-7-16(25(2,3)34)12-24(33)28(6,35)23-9-11-29(36)18-13-20(30)19-14-21(31)22(32)15-26(19,4)17(18)8-10-27(23,29)5/h13,16-17,19,21-24,31-36H,7-12,14-15H2,1-6H3/t16-,17-,19-,21+,22-,23-,24+,26+,27+,28+,29+/m0/s1. The second-order valence-corrected chi connectivity index (χ2v) is 13.8. The lowest BCUT2D eigenvalue weighted by Gasteiger charge is -2.60. The van der Waals surface area contributed by atoms with E-state index in [4.69, 9.17) is 0 Å². The molecule has 0 aliphatic heterocycles. The van der Waals surface area contributed by atoms with Crippen LogP contribution in [0.3, 0.4) is 0 Å². The van der Waals surface area contributed by atoms with Gasteiger partial charge in [-0.15, -0.1) is 0 Å². The molecule has 4 rings (SSSR count). The minimum atomic E-state index is -1.48. The van der Waals surface area contributed by atoms with Crippen molar-refractivity contribution in [3.05, 3.63) is 11.6 Å². The second-order valence-electron chi connectivity index (χ2n) is 13.8. The first-order valence-electron chi connectivity index (χ1n) is 13.9. The van der Waals surface area contributed by atoms with E-state index in [0.717, 1.165) is 0 Å². The molecule has 0 bridgehead atoms. The Labute approximate surface area is 215 Å². The average Bonchev–Trinajstić information content (AvgIpc) is 3.05. The molecule has 7 nitrogen and oxygen atoms in total. The molecule has 0 heterocycles.